The molecule has 0 saturated carbocycles. The molecule has 4 nitrogen and oxygen atoms in total. The van der Waals surface area contributed by atoms with Crippen LogP contribution in [0, 0.1) is 5.92 Å². The number of methoxy groups -OCH3 is 1. The summed E-state index contributed by atoms with van der Waals surface area (Å²) >= 11 is 0. The van der Waals surface area contributed by atoms with Gasteiger partial charge in [-0.2, -0.15) is 0 Å². The molecule has 1 heterocycles. The van der Waals surface area contributed by atoms with Crippen molar-refractivity contribution >= 4 is 7.32 Å². The Kier molecular flexibility index (Phi) is 4.19. The van der Waals surface area contributed by atoms with E-state index in [0.717, 1.165) is 6.42 Å². The smallest absolute Gasteiger partial charge is 0.389 e. The molecule has 0 N–H and O–H groups in total. The summed E-state index contributed by atoms with van der Waals surface area (Å²) in [5.74, 6) is 0.444. The van der Waals surface area contributed by atoms with Gasteiger partial charge in [0.1, 0.15) is 6.29 Å². The van der Waals surface area contributed by atoms with Crippen LogP contribution >= 0.6 is 0 Å². The van der Waals surface area contributed by atoms with Crippen LogP contribution in [0.15, 0.2) is 0 Å². The monoisotopic (exact) mass is 188 g/mol. The fraction of sp³-hybridized carbons (Fsp3) is 1.00. The minimum Gasteiger partial charge on any atom is -0.389 e. The molecular formula is C8H17BO4. The maximum Gasteiger partial charge on any atom is 0.641 e. The fourth-order valence-electron chi connectivity index (χ4n) is 1.29. The van der Waals surface area contributed by atoms with Gasteiger partial charge >= 0.3 is 7.32 Å². The Morgan fingerprint density at radius 3 is 2.46 bits per heavy atom. The average Bonchev–Trinajstić information content (AvgIpc) is 2.16. The van der Waals surface area contributed by atoms with Crippen molar-refractivity contribution in [1.29, 1.82) is 0 Å². The Balaban J connectivity index is 2.49. The van der Waals surface area contributed by atoms with Gasteiger partial charge in [-0.05, 0) is 5.92 Å². The summed E-state index contributed by atoms with van der Waals surface area (Å²) in [6, 6.07) is 0. The summed E-state index contributed by atoms with van der Waals surface area (Å²) in [5, 5.41) is 0. The van der Waals surface area contributed by atoms with Gasteiger partial charge in [-0.15, -0.1) is 0 Å². The minimum absolute atomic E-state index is 0.142. The van der Waals surface area contributed by atoms with Crippen molar-refractivity contribution in [2.75, 3.05) is 14.2 Å². The number of hydrogen-bond donors (Lipinski definition) is 0. The first-order valence-corrected chi connectivity index (χ1v) is 4.54. The van der Waals surface area contributed by atoms with E-state index >= 15 is 0 Å². The zero-order valence-corrected chi connectivity index (χ0v) is 8.65. The molecule has 0 amide bonds. The molecule has 0 aromatic carbocycles. The maximum absolute atomic E-state index is 5.50. The summed E-state index contributed by atoms with van der Waals surface area (Å²) in [7, 11) is 2.59. The molecule has 1 rings (SSSR count). The number of ether oxygens (including phenoxy) is 1. The highest BCUT2D eigenvalue weighted by Gasteiger charge is 2.36. The SMILES string of the molecule is COB1OC(OC)CC(C(C)C)O1. The second-order valence-electron chi connectivity index (χ2n) is 3.48. The van der Waals surface area contributed by atoms with Crippen molar-refractivity contribution in [1.82, 2.24) is 0 Å². The lowest BCUT2D eigenvalue weighted by Gasteiger charge is -2.33. The predicted molar refractivity (Wildman–Crippen MR) is 49.0 cm³/mol. The third-order valence-corrected chi connectivity index (χ3v) is 2.17. The molecule has 0 bridgehead atoms. The molecule has 1 fully saturated rings. The van der Waals surface area contributed by atoms with Crippen LogP contribution in [-0.4, -0.2) is 33.9 Å². The molecule has 5 heteroatoms. The van der Waals surface area contributed by atoms with E-state index in [1.165, 1.54) is 0 Å². The van der Waals surface area contributed by atoms with Gasteiger partial charge in [0.15, 0.2) is 0 Å². The molecule has 13 heavy (non-hydrogen) atoms. The van der Waals surface area contributed by atoms with Gasteiger partial charge in [-0.25, -0.2) is 0 Å². The van der Waals surface area contributed by atoms with Crippen LogP contribution in [-0.2, 0) is 18.7 Å². The summed E-state index contributed by atoms with van der Waals surface area (Å²) in [6.45, 7) is 4.21. The van der Waals surface area contributed by atoms with Crippen molar-refractivity contribution in [3.8, 4) is 0 Å². The highest BCUT2D eigenvalue weighted by atomic mass is 16.8. The van der Waals surface area contributed by atoms with Gasteiger partial charge in [0.25, 0.3) is 0 Å². The Morgan fingerprint density at radius 1 is 1.31 bits per heavy atom. The van der Waals surface area contributed by atoms with Crippen LogP contribution in [0.3, 0.4) is 0 Å². The standard InChI is InChI=1S/C8H17BO4/c1-6(2)7-5-8(10-3)13-9(11-4)12-7/h6-8H,5H2,1-4H3. The van der Waals surface area contributed by atoms with Crippen LogP contribution in [0.4, 0.5) is 0 Å². The molecule has 1 aliphatic heterocycles. The number of hydrogen-bond acceptors (Lipinski definition) is 4. The van der Waals surface area contributed by atoms with Crippen molar-refractivity contribution in [2.24, 2.45) is 5.92 Å². The van der Waals surface area contributed by atoms with Gasteiger partial charge in [0.2, 0.25) is 0 Å². The third-order valence-electron chi connectivity index (χ3n) is 2.17. The summed E-state index contributed by atoms with van der Waals surface area (Å²) in [4.78, 5) is 0. The second-order valence-corrected chi connectivity index (χ2v) is 3.48. The Hall–Kier alpha value is -0.0951. The van der Waals surface area contributed by atoms with Gasteiger partial charge < -0.3 is 18.7 Å². The lowest BCUT2D eigenvalue weighted by Crippen LogP contribution is -2.45. The Bertz CT molecular complexity index is 141. The Morgan fingerprint density at radius 2 is 2.00 bits per heavy atom. The molecule has 1 saturated heterocycles. The molecule has 2 atom stereocenters. The molecular weight excluding hydrogens is 171 g/mol. The van der Waals surface area contributed by atoms with Gasteiger partial charge in [-0.3, -0.25) is 0 Å². The van der Waals surface area contributed by atoms with Gasteiger partial charge in [0, 0.05) is 20.6 Å². The van der Waals surface area contributed by atoms with E-state index in [1.54, 1.807) is 14.2 Å². The van der Waals surface area contributed by atoms with E-state index in [0.29, 0.717) is 5.92 Å². The average molecular weight is 188 g/mol. The second kappa shape index (κ2) is 4.95. The van der Waals surface area contributed by atoms with Crippen LogP contribution in [0.1, 0.15) is 20.3 Å². The molecule has 1 aliphatic rings. The Labute approximate surface area is 79.7 Å². The van der Waals surface area contributed by atoms with Crippen LogP contribution in [0.2, 0.25) is 0 Å². The quantitative estimate of drug-likeness (QED) is 0.620. The first-order valence-electron chi connectivity index (χ1n) is 4.54. The van der Waals surface area contributed by atoms with E-state index in [4.69, 9.17) is 18.7 Å². The maximum atomic E-state index is 5.50. The highest BCUT2D eigenvalue weighted by molar-refractivity contribution is 6.36. The van der Waals surface area contributed by atoms with Crippen molar-refractivity contribution in [3.05, 3.63) is 0 Å². The molecule has 0 radical (unpaired) electrons. The largest absolute Gasteiger partial charge is 0.641 e. The summed E-state index contributed by atoms with van der Waals surface area (Å²) in [5.41, 5.74) is 0. The lowest BCUT2D eigenvalue weighted by atomic mass is 9.99. The lowest BCUT2D eigenvalue weighted by molar-refractivity contribution is -0.148. The van der Waals surface area contributed by atoms with Crippen LogP contribution in [0.5, 0.6) is 0 Å². The van der Waals surface area contributed by atoms with Crippen molar-refractivity contribution in [2.45, 2.75) is 32.7 Å². The molecule has 0 aromatic heterocycles. The van der Waals surface area contributed by atoms with E-state index in [1.807, 2.05) is 0 Å². The van der Waals surface area contributed by atoms with E-state index in [9.17, 15) is 0 Å². The molecule has 76 valence electrons. The van der Waals surface area contributed by atoms with E-state index in [2.05, 4.69) is 13.8 Å². The first-order chi connectivity index (χ1) is 6.17. The zero-order chi connectivity index (χ0) is 9.84. The highest BCUT2D eigenvalue weighted by Crippen LogP contribution is 2.22. The van der Waals surface area contributed by atoms with E-state index in [-0.39, 0.29) is 12.4 Å². The third kappa shape index (κ3) is 2.95. The van der Waals surface area contributed by atoms with Crippen molar-refractivity contribution < 1.29 is 18.7 Å². The van der Waals surface area contributed by atoms with Crippen LogP contribution in [0.25, 0.3) is 0 Å². The zero-order valence-electron chi connectivity index (χ0n) is 8.65. The number of rotatable bonds is 3. The van der Waals surface area contributed by atoms with Crippen molar-refractivity contribution in [3.63, 3.8) is 0 Å². The fourth-order valence-corrected chi connectivity index (χ4v) is 1.29. The molecule has 2 unspecified atom stereocenters. The predicted octanol–water partition coefficient (Wildman–Crippen LogP) is 1.05. The normalized spacial score (nSPS) is 29.8. The first kappa shape index (κ1) is 11.0. The van der Waals surface area contributed by atoms with Gasteiger partial charge in [-0.1, -0.05) is 13.8 Å². The summed E-state index contributed by atoms with van der Waals surface area (Å²) < 4.78 is 20.9. The minimum atomic E-state index is -0.592. The topological polar surface area (TPSA) is 36.9 Å². The summed E-state index contributed by atoms with van der Waals surface area (Å²) in [6.07, 6.45) is 0.684. The van der Waals surface area contributed by atoms with Crippen LogP contribution < -0.4 is 0 Å². The molecule has 0 aliphatic carbocycles. The van der Waals surface area contributed by atoms with Gasteiger partial charge in [0.05, 0.1) is 6.10 Å². The molecule has 0 spiro atoms. The molecule has 0 aromatic rings. The van der Waals surface area contributed by atoms with E-state index < -0.39 is 7.32 Å².